The Morgan fingerprint density at radius 1 is 1.10 bits per heavy atom. The predicted molar refractivity (Wildman–Crippen MR) is 116 cm³/mol. The standard InChI is InChI=1S/C21H19ClFN5S/c1-29-21-26-19(24-11-15-9-5-6-10-18(15)23)16-12-25-28(20(16)27-21)13-17(22)14-7-3-2-4-8-14/h2-10,12,17H,11,13H2,1H3,(H,24,26,27). The molecule has 0 aliphatic rings. The Morgan fingerprint density at radius 3 is 2.62 bits per heavy atom. The van der Waals surface area contributed by atoms with Crippen LogP contribution in [0.2, 0.25) is 0 Å². The summed E-state index contributed by atoms with van der Waals surface area (Å²) < 4.78 is 15.7. The van der Waals surface area contributed by atoms with E-state index in [1.807, 2.05) is 42.7 Å². The minimum absolute atomic E-state index is 0.234. The Hall–Kier alpha value is -2.64. The highest BCUT2D eigenvalue weighted by Crippen LogP contribution is 2.27. The van der Waals surface area contributed by atoms with Crippen molar-refractivity contribution in [2.75, 3.05) is 11.6 Å². The Morgan fingerprint density at radius 2 is 1.86 bits per heavy atom. The topological polar surface area (TPSA) is 55.6 Å². The summed E-state index contributed by atoms with van der Waals surface area (Å²) in [5, 5.41) is 8.85. The van der Waals surface area contributed by atoms with Crippen LogP contribution in [-0.4, -0.2) is 26.0 Å². The molecule has 1 atom stereocenters. The third-order valence-electron chi connectivity index (χ3n) is 4.56. The first-order valence-electron chi connectivity index (χ1n) is 9.09. The van der Waals surface area contributed by atoms with E-state index < -0.39 is 0 Å². The van der Waals surface area contributed by atoms with Crippen LogP contribution in [0.5, 0.6) is 0 Å². The van der Waals surface area contributed by atoms with E-state index in [1.54, 1.807) is 23.0 Å². The van der Waals surface area contributed by atoms with E-state index in [1.165, 1.54) is 17.8 Å². The minimum Gasteiger partial charge on any atom is -0.365 e. The average molecular weight is 428 g/mol. The fraction of sp³-hybridized carbons (Fsp3) is 0.190. The third kappa shape index (κ3) is 4.36. The van der Waals surface area contributed by atoms with Gasteiger partial charge in [-0.1, -0.05) is 60.3 Å². The zero-order chi connectivity index (χ0) is 20.2. The van der Waals surface area contributed by atoms with Gasteiger partial charge in [0, 0.05) is 12.1 Å². The Bertz CT molecular complexity index is 1120. The van der Waals surface area contributed by atoms with Crippen molar-refractivity contribution in [1.29, 1.82) is 0 Å². The molecule has 5 nitrogen and oxygen atoms in total. The number of alkyl halides is 1. The molecule has 0 aliphatic carbocycles. The van der Waals surface area contributed by atoms with Crippen LogP contribution in [-0.2, 0) is 13.1 Å². The molecule has 4 aromatic rings. The van der Waals surface area contributed by atoms with Crippen LogP contribution < -0.4 is 5.32 Å². The maximum Gasteiger partial charge on any atom is 0.191 e. The number of benzene rings is 2. The number of halogens is 2. The second kappa shape index (κ2) is 8.80. The zero-order valence-electron chi connectivity index (χ0n) is 15.7. The lowest BCUT2D eigenvalue weighted by Crippen LogP contribution is -2.08. The SMILES string of the molecule is CSc1nc(NCc2ccccc2F)c2cnn(CC(Cl)c3ccccc3)c2n1. The second-order valence-corrected chi connectivity index (χ2v) is 7.75. The highest BCUT2D eigenvalue weighted by Gasteiger charge is 2.16. The molecule has 1 unspecified atom stereocenters. The van der Waals surface area contributed by atoms with Gasteiger partial charge in [-0.25, -0.2) is 19.0 Å². The summed E-state index contributed by atoms with van der Waals surface area (Å²) >= 11 is 8.04. The quantitative estimate of drug-likeness (QED) is 0.247. The Kier molecular flexibility index (Phi) is 5.97. The molecule has 148 valence electrons. The van der Waals surface area contributed by atoms with E-state index in [9.17, 15) is 4.39 Å². The van der Waals surface area contributed by atoms with Gasteiger partial charge >= 0.3 is 0 Å². The van der Waals surface area contributed by atoms with E-state index >= 15 is 0 Å². The summed E-state index contributed by atoms with van der Waals surface area (Å²) in [6, 6.07) is 16.6. The highest BCUT2D eigenvalue weighted by molar-refractivity contribution is 7.98. The van der Waals surface area contributed by atoms with Crippen LogP contribution in [0.25, 0.3) is 11.0 Å². The molecule has 2 aromatic heterocycles. The van der Waals surface area contributed by atoms with E-state index in [-0.39, 0.29) is 11.2 Å². The third-order valence-corrected chi connectivity index (χ3v) is 5.49. The minimum atomic E-state index is -0.251. The molecule has 0 fully saturated rings. The average Bonchev–Trinajstić information content (AvgIpc) is 3.16. The number of nitrogens with zero attached hydrogens (tertiary/aromatic N) is 4. The number of anilines is 1. The smallest absolute Gasteiger partial charge is 0.191 e. The molecule has 2 heterocycles. The molecule has 2 aromatic carbocycles. The number of hydrogen-bond donors (Lipinski definition) is 1. The van der Waals surface area contributed by atoms with Crippen molar-refractivity contribution < 1.29 is 4.39 Å². The highest BCUT2D eigenvalue weighted by atomic mass is 35.5. The molecule has 0 radical (unpaired) electrons. The summed E-state index contributed by atoms with van der Waals surface area (Å²) in [4.78, 5) is 9.16. The van der Waals surface area contributed by atoms with Gasteiger partial charge in [-0.05, 0) is 17.9 Å². The van der Waals surface area contributed by atoms with Crippen LogP contribution in [0.15, 0.2) is 66.0 Å². The van der Waals surface area contributed by atoms with E-state index in [0.29, 0.717) is 35.3 Å². The van der Waals surface area contributed by atoms with Crippen LogP contribution >= 0.6 is 23.4 Å². The Labute approximate surface area is 177 Å². The predicted octanol–water partition coefficient (Wildman–Crippen LogP) is 5.28. The van der Waals surface area contributed by atoms with Crippen molar-refractivity contribution >= 4 is 40.2 Å². The summed E-state index contributed by atoms with van der Waals surface area (Å²) in [7, 11) is 0. The molecular weight excluding hydrogens is 409 g/mol. The van der Waals surface area contributed by atoms with Gasteiger partial charge in [0.25, 0.3) is 0 Å². The van der Waals surface area contributed by atoms with Crippen LogP contribution in [0.3, 0.4) is 0 Å². The van der Waals surface area contributed by atoms with E-state index in [2.05, 4.69) is 20.4 Å². The van der Waals surface area contributed by atoms with Crippen molar-refractivity contribution in [2.45, 2.75) is 23.6 Å². The summed E-state index contributed by atoms with van der Waals surface area (Å²) in [6.45, 7) is 0.798. The van der Waals surface area contributed by atoms with Crippen LogP contribution in [0.4, 0.5) is 10.2 Å². The number of aromatic nitrogens is 4. The van der Waals surface area contributed by atoms with Gasteiger partial charge in [0.2, 0.25) is 0 Å². The van der Waals surface area contributed by atoms with Gasteiger partial charge in [0.15, 0.2) is 10.8 Å². The molecule has 4 rings (SSSR count). The van der Waals surface area contributed by atoms with Crippen molar-refractivity contribution in [3.63, 3.8) is 0 Å². The van der Waals surface area contributed by atoms with E-state index in [0.717, 1.165) is 10.9 Å². The van der Waals surface area contributed by atoms with Crippen LogP contribution in [0, 0.1) is 5.82 Å². The molecule has 0 bridgehead atoms. The number of fused-ring (bicyclic) bond motifs is 1. The van der Waals surface area contributed by atoms with E-state index in [4.69, 9.17) is 11.6 Å². The maximum atomic E-state index is 14.0. The molecule has 8 heteroatoms. The van der Waals surface area contributed by atoms with Gasteiger partial charge in [0.05, 0.1) is 23.5 Å². The van der Waals surface area contributed by atoms with Gasteiger partial charge in [0.1, 0.15) is 11.6 Å². The summed E-state index contributed by atoms with van der Waals surface area (Å²) in [5.41, 5.74) is 2.29. The molecule has 1 N–H and O–H groups in total. The molecule has 0 amide bonds. The lowest BCUT2D eigenvalue weighted by atomic mass is 10.1. The first kappa shape index (κ1) is 19.7. The number of thioether (sulfide) groups is 1. The molecular formula is C21H19ClFN5S. The maximum absolute atomic E-state index is 14.0. The first-order chi connectivity index (χ1) is 14.2. The van der Waals surface area contributed by atoms with Crippen molar-refractivity contribution in [3.8, 4) is 0 Å². The van der Waals surface area contributed by atoms with Gasteiger partial charge in [-0.2, -0.15) is 5.10 Å². The van der Waals surface area contributed by atoms with Gasteiger partial charge < -0.3 is 5.32 Å². The summed E-state index contributed by atoms with van der Waals surface area (Å²) in [5.74, 6) is 0.374. The first-order valence-corrected chi connectivity index (χ1v) is 10.8. The molecule has 0 aliphatic heterocycles. The molecule has 0 saturated heterocycles. The zero-order valence-corrected chi connectivity index (χ0v) is 17.3. The fourth-order valence-electron chi connectivity index (χ4n) is 3.03. The number of hydrogen-bond acceptors (Lipinski definition) is 5. The monoisotopic (exact) mass is 427 g/mol. The largest absolute Gasteiger partial charge is 0.365 e. The molecule has 29 heavy (non-hydrogen) atoms. The number of nitrogens with one attached hydrogen (secondary N) is 1. The van der Waals surface area contributed by atoms with Gasteiger partial charge in [-0.15, -0.1) is 11.6 Å². The van der Waals surface area contributed by atoms with Crippen molar-refractivity contribution in [2.24, 2.45) is 0 Å². The second-order valence-electron chi connectivity index (χ2n) is 6.45. The van der Waals surface area contributed by atoms with Gasteiger partial charge in [-0.3, -0.25) is 0 Å². The molecule has 0 spiro atoms. The van der Waals surface area contributed by atoms with Crippen molar-refractivity contribution in [3.05, 3.63) is 77.7 Å². The lowest BCUT2D eigenvalue weighted by molar-refractivity contribution is 0.612. The normalized spacial score (nSPS) is 12.2. The number of rotatable bonds is 7. The molecule has 0 saturated carbocycles. The van der Waals surface area contributed by atoms with Crippen molar-refractivity contribution in [1.82, 2.24) is 19.7 Å². The van der Waals surface area contributed by atoms with Crippen LogP contribution in [0.1, 0.15) is 16.5 Å². The lowest BCUT2D eigenvalue weighted by Gasteiger charge is -2.12. The fourth-order valence-corrected chi connectivity index (χ4v) is 3.67. The summed E-state index contributed by atoms with van der Waals surface area (Å²) in [6.07, 6.45) is 3.63. The Balaban J connectivity index is 1.63.